The van der Waals surface area contributed by atoms with E-state index in [9.17, 15) is 14.4 Å². The van der Waals surface area contributed by atoms with Gasteiger partial charge in [-0.15, -0.1) is 0 Å². The fourth-order valence-corrected chi connectivity index (χ4v) is 7.39. The first-order chi connectivity index (χ1) is 20.4. The number of rotatable bonds is 5. The van der Waals surface area contributed by atoms with Gasteiger partial charge in [0.25, 0.3) is 0 Å². The number of anilines is 1. The number of ether oxygens (including phenoxy) is 2. The summed E-state index contributed by atoms with van der Waals surface area (Å²) in [6.45, 7) is 0. The van der Waals surface area contributed by atoms with E-state index in [0.717, 1.165) is 11.3 Å². The van der Waals surface area contributed by atoms with Gasteiger partial charge in [0.15, 0.2) is 28.8 Å². The maximum atomic E-state index is 14.8. The SMILES string of the molecule is COc1ccc([C@@H]2[C@H](C(=O)c3ccccc3Cl)N3c4ccccc4C=C[C@H]3C23C(=O)c2ccccc2C3=O)cc1OC. The summed E-state index contributed by atoms with van der Waals surface area (Å²) in [6, 6.07) is 25.2. The van der Waals surface area contributed by atoms with Crippen LogP contribution in [0.25, 0.3) is 6.08 Å². The minimum absolute atomic E-state index is 0.274. The Balaban J connectivity index is 1.57. The highest BCUT2D eigenvalue weighted by Gasteiger charge is 2.71. The molecule has 3 aliphatic rings. The largest absolute Gasteiger partial charge is 0.493 e. The van der Waals surface area contributed by atoms with Crippen molar-refractivity contribution in [3.63, 3.8) is 0 Å². The lowest BCUT2D eigenvalue weighted by Gasteiger charge is -2.37. The van der Waals surface area contributed by atoms with Crippen molar-refractivity contribution < 1.29 is 23.9 Å². The molecule has 42 heavy (non-hydrogen) atoms. The van der Waals surface area contributed by atoms with Gasteiger partial charge in [-0.05, 0) is 41.5 Å². The molecule has 1 aliphatic carbocycles. The number of hydrogen-bond acceptors (Lipinski definition) is 6. The number of carbonyl (C=O) groups excluding carboxylic acids is 3. The number of benzene rings is 4. The van der Waals surface area contributed by atoms with Crippen LogP contribution in [0.5, 0.6) is 11.5 Å². The van der Waals surface area contributed by atoms with E-state index in [0.29, 0.717) is 38.8 Å². The molecule has 1 fully saturated rings. The van der Waals surface area contributed by atoms with Crippen molar-refractivity contribution >= 4 is 40.7 Å². The summed E-state index contributed by atoms with van der Waals surface area (Å²) in [6.07, 6.45) is 3.84. The van der Waals surface area contributed by atoms with Crippen LogP contribution in [0.15, 0.2) is 97.1 Å². The van der Waals surface area contributed by atoms with Crippen molar-refractivity contribution in [1.82, 2.24) is 0 Å². The number of halogens is 1. The zero-order chi connectivity index (χ0) is 29.2. The van der Waals surface area contributed by atoms with Crippen molar-refractivity contribution in [3.05, 3.63) is 130 Å². The van der Waals surface area contributed by atoms with Crippen molar-refractivity contribution in [2.45, 2.75) is 18.0 Å². The molecule has 7 rings (SSSR count). The number of nitrogens with zero attached hydrogens (tertiary/aromatic N) is 1. The average Bonchev–Trinajstić information content (AvgIpc) is 3.46. The van der Waals surface area contributed by atoms with Gasteiger partial charge in [0, 0.05) is 28.3 Å². The van der Waals surface area contributed by atoms with Crippen LogP contribution >= 0.6 is 11.6 Å². The van der Waals surface area contributed by atoms with Gasteiger partial charge in [-0.2, -0.15) is 0 Å². The topological polar surface area (TPSA) is 72.9 Å². The molecule has 4 aromatic rings. The lowest BCUT2D eigenvalue weighted by atomic mass is 9.64. The number of carbonyl (C=O) groups is 3. The molecule has 1 saturated heterocycles. The normalized spacial score (nSPS) is 21.2. The number of ketones is 3. The van der Waals surface area contributed by atoms with Crippen LogP contribution in [0.3, 0.4) is 0 Å². The Bertz CT molecular complexity index is 1790. The molecular weight excluding hydrogens is 550 g/mol. The molecule has 0 radical (unpaired) electrons. The van der Waals surface area contributed by atoms with Gasteiger partial charge in [-0.1, -0.05) is 84.4 Å². The Morgan fingerprint density at radius 2 is 1.45 bits per heavy atom. The van der Waals surface area contributed by atoms with E-state index in [2.05, 4.69) is 0 Å². The summed E-state index contributed by atoms with van der Waals surface area (Å²) in [5.74, 6) is -0.811. The molecule has 0 saturated carbocycles. The molecule has 3 atom stereocenters. The zero-order valence-corrected chi connectivity index (χ0v) is 23.7. The first kappa shape index (κ1) is 26.2. The average molecular weight is 576 g/mol. The summed E-state index contributed by atoms with van der Waals surface area (Å²) in [4.78, 5) is 46.3. The first-order valence-electron chi connectivity index (χ1n) is 13.7. The molecule has 0 aromatic heterocycles. The second-order valence-corrected chi connectivity index (χ2v) is 11.1. The molecule has 6 nitrogen and oxygen atoms in total. The highest BCUT2D eigenvalue weighted by molar-refractivity contribution is 6.35. The van der Waals surface area contributed by atoms with Gasteiger partial charge in [-0.3, -0.25) is 14.4 Å². The third-order valence-electron chi connectivity index (χ3n) is 8.89. The zero-order valence-electron chi connectivity index (χ0n) is 22.9. The molecule has 2 heterocycles. The van der Waals surface area contributed by atoms with Gasteiger partial charge in [0.1, 0.15) is 11.5 Å². The Morgan fingerprint density at radius 1 is 0.810 bits per heavy atom. The summed E-state index contributed by atoms with van der Waals surface area (Å²) in [5.41, 5.74) is 1.73. The number of methoxy groups -OCH3 is 2. The Morgan fingerprint density at radius 3 is 2.14 bits per heavy atom. The standard InChI is InChI=1S/C35H26ClNO5/c1-41-27-17-15-21(19-28(27)42-2)30-31(32(38)24-12-6-7-13-25(24)36)37-26-14-8-3-9-20(26)16-18-29(37)35(30)33(39)22-10-4-5-11-23(22)34(35)40/h3-19,29-31H,1-2H3/t29-,30+,31+/m0/s1. The highest BCUT2D eigenvalue weighted by atomic mass is 35.5. The summed E-state index contributed by atoms with van der Waals surface area (Å²) in [7, 11) is 3.07. The summed E-state index contributed by atoms with van der Waals surface area (Å²) >= 11 is 6.61. The van der Waals surface area contributed by atoms with E-state index in [-0.39, 0.29) is 17.3 Å². The maximum Gasteiger partial charge on any atom is 0.187 e. The Kier molecular flexibility index (Phi) is 6.06. The molecule has 208 valence electrons. The van der Waals surface area contributed by atoms with Crippen LogP contribution in [-0.2, 0) is 0 Å². The smallest absolute Gasteiger partial charge is 0.187 e. The minimum atomic E-state index is -1.62. The fraction of sp³-hybridized carbons (Fsp3) is 0.171. The first-order valence-corrected chi connectivity index (χ1v) is 14.1. The van der Waals surface area contributed by atoms with Crippen LogP contribution in [-0.4, -0.2) is 43.7 Å². The van der Waals surface area contributed by atoms with Crippen LogP contribution in [0.2, 0.25) is 5.02 Å². The van der Waals surface area contributed by atoms with E-state index in [1.54, 1.807) is 67.8 Å². The molecule has 2 aliphatic heterocycles. The molecular formula is C35H26ClNO5. The third-order valence-corrected chi connectivity index (χ3v) is 9.22. The predicted molar refractivity (Wildman–Crippen MR) is 161 cm³/mol. The van der Waals surface area contributed by atoms with Crippen molar-refractivity contribution in [1.29, 1.82) is 0 Å². The Hall–Kier alpha value is -4.68. The summed E-state index contributed by atoms with van der Waals surface area (Å²) < 4.78 is 11.1. The monoisotopic (exact) mass is 575 g/mol. The lowest BCUT2D eigenvalue weighted by molar-refractivity contribution is 0.0665. The number of Topliss-reactive ketones (excluding diaryl/α,β-unsaturated/α-hetero) is 3. The molecule has 0 unspecified atom stereocenters. The molecule has 1 spiro atoms. The van der Waals surface area contributed by atoms with Gasteiger partial charge < -0.3 is 14.4 Å². The highest BCUT2D eigenvalue weighted by Crippen LogP contribution is 2.61. The van der Waals surface area contributed by atoms with E-state index in [1.165, 1.54) is 7.11 Å². The van der Waals surface area contributed by atoms with E-state index >= 15 is 0 Å². The van der Waals surface area contributed by atoms with E-state index in [1.807, 2.05) is 47.4 Å². The molecule has 4 aromatic carbocycles. The van der Waals surface area contributed by atoms with Crippen molar-refractivity contribution in [2.75, 3.05) is 19.1 Å². The van der Waals surface area contributed by atoms with Crippen LogP contribution < -0.4 is 14.4 Å². The number of hydrogen-bond donors (Lipinski definition) is 0. The van der Waals surface area contributed by atoms with Crippen LogP contribution in [0.4, 0.5) is 5.69 Å². The molecule has 7 heteroatoms. The van der Waals surface area contributed by atoms with Crippen LogP contribution in [0, 0.1) is 5.41 Å². The second-order valence-electron chi connectivity index (χ2n) is 10.7. The van der Waals surface area contributed by atoms with Crippen LogP contribution in [0.1, 0.15) is 48.1 Å². The van der Waals surface area contributed by atoms with Gasteiger partial charge in [0.05, 0.1) is 25.3 Å². The predicted octanol–water partition coefficient (Wildman–Crippen LogP) is 6.67. The molecule has 0 amide bonds. The fourth-order valence-electron chi connectivity index (χ4n) is 7.16. The van der Waals surface area contributed by atoms with Crippen molar-refractivity contribution in [2.24, 2.45) is 5.41 Å². The number of fused-ring (bicyclic) bond motifs is 5. The quantitative estimate of drug-likeness (QED) is 0.195. The van der Waals surface area contributed by atoms with E-state index < -0.39 is 23.4 Å². The van der Waals surface area contributed by atoms with Gasteiger partial charge in [0.2, 0.25) is 0 Å². The summed E-state index contributed by atoms with van der Waals surface area (Å²) in [5, 5.41) is 0.305. The Labute approximate surface area is 248 Å². The molecule has 0 bridgehead atoms. The van der Waals surface area contributed by atoms with Gasteiger partial charge >= 0.3 is 0 Å². The van der Waals surface area contributed by atoms with Gasteiger partial charge in [-0.25, -0.2) is 0 Å². The lowest BCUT2D eigenvalue weighted by Crippen LogP contribution is -2.48. The third kappa shape index (κ3) is 3.42. The second kappa shape index (κ2) is 9.71. The van der Waals surface area contributed by atoms with Crippen molar-refractivity contribution in [3.8, 4) is 11.5 Å². The van der Waals surface area contributed by atoms with E-state index in [4.69, 9.17) is 21.1 Å². The maximum absolute atomic E-state index is 14.8. The molecule has 0 N–H and O–H groups in total. The number of para-hydroxylation sites is 1. The minimum Gasteiger partial charge on any atom is -0.493 e.